The van der Waals surface area contributed by atoms with Crippen LogP contribution in [0.15, 0.2) is 36.5 Å². The first-order valence-electron chi connectivity index (χ1n) is 12.9. The number of hydrogen-bond donors (Lipinski definition) is 1. The first-order valence-corrected chi connectivity index (χ1v) is 13.3. The number of piperidine rings is 1. The minimum atomic E-state index is -1.47. The van der Waals surface area contributed by atoms with Crippen molar-refractivity contribution in [2.45, 2.75) is 51.1 Å². The van der Waals surface area contributed by atoms with Crippen LogP contribution in [0.1, 0.15) is 55.8 Å². The standard InChI is InChI=1S/C29H31ClF4N2O3/c1-39-19-4-5-25-20(15-19)27(21(30)17-35-25)22(31)6-7-29(16-26(37)38)8-11-36(12-9-29)10-2-3-18-13-23(32)28(34)24(33)14-18/h4-5,13-15,17,22H,2-3,6-12,16H2,1H3,(H,37,38)/t22-/m1/s1. The van der Waals surface area contributed by atoms with Crippen molar-refractivity contribution in [2.75, 3.05) is 26.7 Å². The van der Waals surface area contributed by atoms with E-state index in [4.69, 9.17) is 16.3 Å². The maximum atomic E-state index is 15.7. The van der Waals surface area contributed by atoms with Crippen LogP contribution < -0.4 is 4.74 Å². The number of hydrogen-bond acceptors (Lipinski definition) is 4. The van der Waals surface area contributed by atoms with E-state index in [1.807, 2.05) is 0 Å². The fourth-order valence-electron chi connectivity index (χ4n) is 5.54. The zero-order valence-electron chi connectivity index (χ0n) is 21.7. The van der Waals surface area contributed by atoms with Gasteiger partial charge in [0, 0.05) is 17.1 Å². The number of benzene rings is 2. The van der Waals surface area contributed by atoms with E-state index >= 15 is 4.39 Å². The van der Waals surface area contributed by atoms with Crippen LogP contribution in [0.5, 0.6) is 5.75 Å². The van der Waals surface area contributed by atoms with Crippen molar-refractivity contribution in [3.05, 3.63) is 70.1 Å². The van der Waals surface area contributed by atoms with Crippen molar-refractivity contribution in [1.82, 2.24) is 9.88 Å². The quantitative estimate of drug-likeness (QED) is 0.195. The van der Waals surface area contributed by atoms with Crippen LogP contribution in [-0.2, 0) is 11.2 Å². The number of carboxylic acid groups (broad SMARTS) is 1. The minimum absolute atomic E-state index is 0.0552. The Kier molecular flexibility index (Phi) is 9.33. The van der Waals surface area contributed by atoms with Gasteiger partial charge in [-0.05, 0) is 99.5 Å². The molecule has 0 aliphatic carbocycles. The van der Waals surface area contributed by atoms with Crippen LogP contribution in [0.4, 0.5) is 17.6 Å². The molecule has 0 bridgehead atoms. The summed E-state index contributed by atoms with van der Waals surface area (Å²) in [6, 6.07) is 7.20. The van der Waals surface area contributed by atoms with Gasteiger partial charge in [-0.3, -0.25) is 9.78 Å². The number of aromatic nitrogens is 1. The molecule has 1 fully saturated rings. The summed E-state index contributed by atoms with van der Waals surface area (Å²) >= 11 is 6.37. The van der Waals surface area contributed by atoms with Crippen LogP contribution in [0.3, 0.4) is 0 Å². The second-order valence-electron chi connectivity index (χ2n) is 10.3. The molecule has 1 N–H and O–H groups in total. The second kappa shape index (κ2) is 12.5. The number of alkyl halides is 1. The van der Waals surface area contributed by atoms with E-state index in [0.29, 0.717) is 79.5 Å². The van der Waals surface area contributed by atoms with E-state index in [0.717, 1.165) is 12.1 Å². The number of pyridine rings is 1. The fraction of sp³-hybridized carbons (Fsp3) is 0.448. The van der Waals surface area contributed by atoms with E-state index in [-0.39, 0.29) is 17.9 Å². The van der Waals surface area contributed by atoms with Crippen LogP contribution in [-0.4, -0.2) is 47.7 Å². The summed E-state index contributed by atoms with van der Waals surface area (Å²) in [4.78, 5) is 18.2. The summed E-state index contributed by atoms with van der Waals surface area (Å²) in [5.41, 5.74) is 0.760. The predicted octanol–water partition coefficient (Wildman–Crippen LogP) is 7.29. The Labute approximate surface area is 229 Å². The predicted molar refractivity (Wildman–Crippen MR) is 141 cm³/mol. The van der Waals surface area contributed by atoms with Crippen LogP contribution in [0.25, 0.3) is 10.9 Å². The Bertz CT molecular complexity index is 1310. The third-order valence-corrected chi connectivity index (χ3v) is 8.04. The van der Waals surface area contributed by atoms with E-state index in [1.54, 1.807) is 18.2 Å². The maximum absolute atomic E-state index is 15.7. The largest absolute Gasteiger partial charge is 0.497 e. The molecule has 0 saturated carbocycles. The number of carbonyl (C=O) groups is 1. The SMILES string of the molecule is COc1ccc2ncc(Cl)c([C@H](F)CCC3(CC(=O)O)CCN(CCCc4cc(F)c(F)c(F)c4)CC3)c2c1. The van der Waals surface area contributed by atoms with Gasteiger partial charge >= 0.3 is 5.97 Å². The third kappa shape index (κ3) is 7.00. The van der Waals surface area contributed by atoms with Gasteiger partial charge in [0.2, 0.25) is 0 Å². The summed E-state index contributed by atoms with van der Waals surface area (Å²) in [5, 5.41) is 10.4. The molecule has 0 spiro atoms. The number of carboxylic acids is 1. The molecule has 10 heteroatoms. The molecule has 0 amide bonds. The molecule has 39 heavy (non-hydrogen) atoms. The molecule has 210 valence electrons. The van der Waals surface area contributed by atoms with Crippen LogP contribution in [0.2, 0.25) is 5.02 Å². The van der Waals surface area contributed by atoms with Crippen molar-refractivity contribution >= 4 is 28.5 Å². The molecule has 1 saturated heterocycles. The average Bonchev–Trinajstić information content (AvgIpc) is 2.90. The van der Waals surface area contributed by atoms with E-state index in [1.165, 1.54) is 13.3 Å². The Balaban J connectivity index is 1.38. The average molecular weight is 567 g/mol. The van der Waals surface area contributed by atoms with Gasteiger partial charge in [-0.1, -0.05) is 11.6 Å². The molecule has 0 unspecified atom stereocenters. The molecular formula is C29H31ClF4N2O3. The van der Waals surface area contributed by atoms with Gasteiger partial charge in [0.1, 0.15) is 11.9 Å². The zero-order valence-corrected chi connectivity index (χ0v) is 22.4. The Morgan fingerprint density at radius 1 is 1.18 bits per heavy atom. The van der Waals surface area contributed by atoms with Gasteiger partial charge in [0.05, 0.1) is 24.1 Å². The first-order chi connectivity index (χ1) is 18.6. The van der Waals surface area contributed by atoms with E-state index < -0.39 is 35.0 Å². The molecule has 1 atom stereocenters. The molecule has 5 nitrogen and oxygen atoms in total. The number of likely N-dealkylation sites (tertiary alicyclic amines) is 1. The van der Waals surface area contributed by atoms with Gasteiger partial charge in [-0.25, -0.2) is 17.6 Å². The summed E-state index contributed by atoms with van der Waals surface area (Å²) < 4.78 is 61.1. The highest BCUT2D eigenvalue weighted by Crippen LogP contribution is 2.44. The highest BCUT2D eigenvalue weighted by atomic mass is 35.5. The lowest BCUT2D eigenvalue weighted by Gasteiger charge is -2.41. The molecular weight excluding hydrogens is 536 g/mol. The summed E-state index contributed by atoms with van der Waals surface area (Å²) in [6.07, 6.45) is 2.64. The normalized spacial score (nSPS) is 16.4. The molecule has 3 aromatic rings. The number of aryl methyl sites for hydroxylation is 1. The topological polar surface area (TPSA) is 62.7 Å². The van der Waals surface area contributed by atoms with Crippen molar-refractivity contribution < 1.29 is 32.2 Å². The van der Waals surface area contributed by atoms with E-state index in [2.05, 4.69) is 9.88 Å². The van der Waals surface area contributed by atoms with Gasteiger partial charge < -0.3 is 14.7 Å². The number of ether oxygens (including phenoxy) is 1. The Morgan fingerprint density at radius 2 is 1.87 bits per heavy atom. The monoisotopic (exact) mass is 566 g/mol. The molecule has 2 aromatic carbocycles. The molecule has 1 aromatic heterocycles. The van der Waals surface area contributed by atoms with Crippen molar-refractivity contribution in [1.29, 1.82) is 0 Å². The minimum Gasteiger partial charge on any atom is -0.497 e. The molecule has 0 radical (unpaired) electrons. The number of halogens is 5. The van der Waals surface area contributed by atoms with Gasteiger partial charge in [-0.2, -0.15) is 0 Å². The van der Waals surface area contributed by atoms with Gasteiger partial charge in [0.25, 0.3) is 0 Å². The van der Waals surface area contributed by atoms with Crippen molar-refractivity contribution in [2.24, 2.45) is 5.41 Å². The molecule has 2 heterocycles. The maximum Gasteiger partial charge on any atom is 0.303 e. The number of nitrogens with zero attached hydrogens (tertiary/aromatic N) is 2. The second-order valence-corrected chi connectivity index (χ2v) is 10.7. The number of rotatable bonds is 11. The van der Waals surface area contributed by atoms with Crippen LogP contribution in [0, 0.1) is 22.9 Å². The molecule has 1 aliphatic rings. The zero-order chi connectivity index (χ0) is 28.2. The van der Waals surface area contributed by atoms with Crippen molar-refractivity contribution in [3.8, 4) is 5.75 Å². The van der Waals surface area contributed by atoms with Crippen molar-refractivity contribution in [3.63, 3.8) is 0 Å². The lowest BCUT2D eigenvalue weighted by atomic mass is 9.71. The Morgan fingerprint density at radius 3 is 2.51 bits per heavy atom. The number of fused-ring (bicyclic) bond motifs is 1. The number of aliphatic carboxylic acids is 1. The first kappa shape index (κ1) is 29.1. The summed E-state index contributed by atoms with van der Waals surface area (Å²) in [6.45, 7) is 1.91. The lowest BCUT2D eigenvalue weighted by Crippen LogP contribution is -2.41. The highest BCUT2D eigenvalue weighted by Gasteiger charge is 2.37. The van der Waals surface area contributed by atoms with Crippen LogP contribution >= 0.6 is 11.6 Å². The molecule has 4 rings (SSSR count). The summed E-state index contributed by atoms with van der Waals surface area (Å²) in [7, 11) is 1.52. The van der Waals surface area contributed by atoms with Gasteiger partial charge in [0.15, 0.2) is 17.5 Å². The number of methoxy groups -OCH3 is 1. The van der Waals surface area contributed by atoms with E-state index in [9.17, 15) is 23.1 Å². The molecule has 1 aliphatic heterocycles. The Hall–Kier alpha value is -2.91. The lowest BCUT2D eigenvalue weighted by molar-refractivity contribution is -0.141. The highest BCUT2D eigenvalue weighted by molar-refractivity contribution is 6.32. The fourth-order valence-corrected chi connectivity index (χ4v) is 5.81. The third-order valence-electron chi connectivity index (χ3n) is 7.74. The summed E-state index contributed by atoms with van der Waals surface area (Å²) in [5.74, 6) is -4.24. The van der Waals surface area contributed by atoms with Gasteiger partial charge in [-0.15, -0.1) is 0 Å². The smallest absolute Gasteiger partial charge is 0.303 e.